The summed E-state index contributed by atoms with van der Waals surface area (Å²) < 4.78 is 2.09. The van der Waals surface area contributed by atoms with Crippen LogP contribution in [-0.4, -0.2) is 34.4 Å². The first kappa shape index (κ1) is 13.1. The van der Waals surface area contributed by atoms with Crippen LogP contribution in [0, 0.1) is 5.92 Å². The molecule has 0 saturated carbocycles. The van der Waals surface area contributed by atoms with Crippen LogP contribution in [0.1, 0.15) is 25.0 Å². The van der Waals surface area contributed by atoms with Crippen molar-refractivity contribution in [3.63, 3.8) is 0 Å². The highest BCUT2D eigenvalue weighted by molar-refractivity contribution is 7.15. The molecule has 0 bridgehead atoms. The maximum absolute atomic E-state index is 11.5. The largest absolute Gasteiger partial charge is 0.355 e. The third-order valence-electron chi connectivity index (χ3n) is 4.66. The van der Waals surface area contributed by atoms with Gasteiger partial charge < -0.3 is 16.0 Å². The molecular weight excluding hydrogens is 286 g/mol. The number of carbonyl (C=O) groups is 1. The Bertz CT molecular complexity index is 678. The molecule has 4 rings (SSSR count). The molecule has 0 aliphatic carbocycles. The molecule has 2 aliphatic heterocycles. The molecule has 2 aromatic heterocycles. The van der Waals surface area contributed by atoms with Crippen LogP contribution < -0.4 is 16.0 Å². The van der Waals surface area contributed by atoms with Gasteiger partial charge in [0, 0.05) is 43.7 Å². The maximum Gasteiger partial charge on any atom is 0.220 e. The highest BCUT2D eigenvalue weighted by atomic mass is 32.1. The van der Waals surface area contributed by atoms with Crippen LogP contribution in [0.15, 0.2) is 11.6 Å². The predicted octanol–water partition coefficient (Wildman–Crippen LogP) is 0.959. The summed E-state index contributed by atoms with van der Waals surface area (Å²) in [7, 11) is 0. The van der Waals surface area contributed by atoms with E-state index in [1.807, 2.05) is 11.6 Å². The summed E-state index contributed by atoms with van der Waals surface area (Å²) in [4.78, 5) is 19.6. The SMILES string of the molecule is NCc1c(N2CCC3NC(=O)CCC3C2)nc2sccn12. The Hall–Kier alpha value is -1.60. The van der Waals surface area contributed by atoms with Gasteiger partial charge in [-0.25, -0.2) is 4.98 Å². The highest BCUT2D eigenvalue weighted by Gasteiger charge is 2.35. The van der Waals surface area contributed by atoms with Gasteiger partial charge in [0.2, 0.25) is 5.91 Å². The average Bonchev–Trinajstić information content (AvgIpc) is 3.06. The van der Waals surface area contributed by atoms with E-state index in [1.54, 1.807) is 11.3 Å². The molecule has 2 aromatic rings. The van der Waals surface area contributed by atoms with Gasteiger partial charge in [0.15, 0.2) is 10.8 Å². The Kier molecular flexibility index (Phi) is 3.11. The molecule has 0 spiro atoms. The minimum absolute atomic E-state index is 0.204. The summed E-state index contributed by atoms with van der Waals surface area (Å²) in [5, 5.41) is 5.16. The summed E-state index contributed by atoms with van der Waals surface area (Å²) in [5.41, 5.74) is 7.02. The number of thiazole rings is 1. The topological polar surface area (TPSA) is 75.7 Å². The Morgan fingerprint density at radius 2 is 2.38 bits per heavy atom. The molecule has 21 heavy (non-hydrogen) atoms. The van der Waals surface area contributed by atoms with Crippen LogP contribution >= 0.6 is 11.3 Å². The number of piperidine rings is 2. The first-order chi connectivity index (χ1) is 10.3. The van der Waals surface area contributed by atoms with Gasteiger partial charge in [0.05, 0.1) is 5.69 Å². The molecule has 6 nitrogen and oxygen atoms in total. The van der Waals surface area contributed by atoms with Gasteiger partial charge in [-0.2, -0.15) is 0 Å². The average molecular weight is 305 g/mol. The zero-order valence-corrected chi connectivity index (χ0v) is 12.6. The van der Waals surface area contributed by atoms with Gasteiger partial charge in [-0.3, -0.25) is 9.20 Å². The molecule has 112 valence electrons. The lowest BCUT2D eigenvalue weighted by molar-refractivity contribution is -0.124. The number of amides is 1. The minimum Gasteiger partial charge on any atom is -0.355 e. The molecule has 2 saturated heterocycles. The highest BCUT2D eigenvalue weighted by Crippen LogP contribution is 2.31. The van der Waals surface area contributed by atoms with Gasteiger partial charge in [-0.15, -0.1) is 11.3 Å². The minimum atomic E-state index is 0.204. The van der Waals surface area contributed by atoms with Gasteiger partial charge >= 0.3 is 0 Å². The number of hydrogen-bond acceptors (Lipinski definition) is 5. The van der Waals surface area contributed by atoms with E-state index in [2.05, 4.69) is 14.6 Å². The zero-order valence-electron chi connectivity index (χ0n) is 11.8. The van der Waals surface area contributed by atoms with Crippen LogP contribution in [0.5, 0.6) is 0 Å². The lowest BCUT2D eigenvalue weighted by atomic mass is 9.85. The molecule has 2 fully saturated rings. The second kappa shape index (κ2) is 4.99. The van der Waals surface area contributed by atoms with E-state index in [1.165, 1.54) is 0 Å². The van der Waals surface area contributed by atoms with E-state index in [-0.39, 0.29) is 5.91 Å². The molecule has 1 amide bonds. The maximum atomic E-state index is 11.5. The standard InChI is InChI=1S/C14H19N5OS/c15-7-11-13(17-14-19(11)5-6-21-14)18-4-3-10-9(8-18)1-2-12(20)16-10/h5-6,9-10H,1-4,7-8,15H2,(H,16,20). The summed E-state index contributed by atoms with van der Waals surface area (Å²) in [6.45, 7) is 2.39. The van der Waals surface area contributed by atoms with Crippen LogP contribution in [0.3, 0.4) is 0 Å². The number of fused-ring (bicyclic) bond motifs is 2. The van der Waals surface area contributed by atoms with Crippen LogP contribution in [0.2, 0.25) is 0 Å². The summed E-state index contributed by atoms with van der Waals surface area (Å²) in [6.07, 6.45) is 4.65. The summed E-state index contributed by atoms with van der Waals surface area (Å²) in [6, 6.07) is 0.340. The van der Waals surface area contributed by atoms with Crippen molar-refractivity contribution in [3.8, 4) is 0 Å². The third-order valence-corrected chi connectivity index (χ3v) is 5.41. The third kappa shape index (κ3) is 2.11. The Labute approximate surface area is 126 Å². The van der Waals surface area contributed by atoms with Crippen LogP contribution in [0.25, 0.3) is 4.96 Å². The quantitative estimate of drug-likeness (QED) is 0.866. The first-order valence-electron chi connectivity index (χ1n) is 7.45. The van der Waals surface area contributed by atoms with Crippen molar-refractivity contribution in [1.29, 1.82) is 0 Å². The number of aromatic nitrogens is 2. The van der Waals surface area contributed by atoms with Gasteiger partial charge in [0.25, 0.3) is 0 Å². The fourth-order valence-corrected chi connectivity index (χ4v) is 4.29. The number of rotatable bonds is 2. The Balaban J connectivity index is 1.61. The van der Waals surface area contributed by atoms with E-state index in [0.29, 0.717) is 24.9 Å². The van der Waals surface area contributed by atoms with Crippen molar-refractivity contribution in [2.24, 2.45) is 11.7 Å². The fraction of sp³-hybridized carbons (Fsp3) is 0.571. The molecule has 4 heterocycles. The zero-order chi connectivity index (χ0) is 14.4. The first-order valence-corrected chi connectivity index (χ1v) is 8.33. The van der Waals surface area contributed by atoms with Gasteiger partial charge in [-0.05, 0) is 18.8 Å². The van der Waals surface area contributed by atoms with Crippen molar-refractivity contribution >= 4 is 28.0 Å². The number of carbonyl (C=O) groups excluding carboxylic acids is 1. The number of hydrogen-bond donors (Lipinski definition) is 2. The van der Waals surface area contributed by atoms with E-state index < -0.39 is 0 Å². The number of nitrogens with zero attached hydrogens (tertiary/aromatic N) is 3. The summed E-state index contributed by atoms with van der Waals surface area (Å²) >= 11 is 1.64. The molecule has 2 aliphatic rings. The van der Waals surface area contributed by atoms with Crippen LogP contribution in [0.4, 0.5) is 5.82 Å². The van der Waals surface area contributed by atoms with Crippen molar-refractivity contribution in [2.45, 2.75) is 31.8 Å². The van der Waals surface area contributed by atoms with E-state index in [4.69, 9.17) is 10.7 Å². The normalized spacial score (nSPS) is 26.0. The summed E-state index contributed by atoms with van der Waals surface area (Å²) in [5.74, 6) is 1.76. The molecule has 2 unspecified atom stereocenters. The fourth-order valence-electron chi connectivity index (χ4n) is 3.57. The van der Waals surface area contributed by atoms with E-state index >= 15 is 0 Å². The molecule has 2 atom stereocenters. The second-order valence-electron chi connectivity index (χ2n) is 5.85. The molecule has 3 N–H and O–H groups in total. The van der Waals surface area contributed by atoms with Crippen molar-refractivity contribution in [1.82, 2.24) is 14.7 Å². The van der Waals surface area contributed by atoms with Crippen molar-refractivity contribution in [3.05, 3.63) is 17.3 Å². The lowest BCUT2D eigenvalue weighted by Crippen LogP contribution is -2.54. The molecule has 0 aromatic carbocycles. The Morgan fingerprint density at radius 1 is 1.48 bits per heavy atom. The van der Waals surface area contributed by atoms with E-state index in [9.17, 15) is 4.79 Å². The molecular formula is C14H19N5OS. The van der Waals surface area contributed by atoms with Crippen molar-refractivity contribution in [2.75, 3.05) is 18.0 Å². The lowest BCUT2D eigenvalue weighted by Gasteiger charge is -2.41. The smallest absolute Gasteiger partial charge is 0.220 e. The Morgan fingerprint density at radius 3 is 3.24 bits per heavy atom. The number of nitrogens with one attached hydrogen (secondary N) is 1. The number of nitrogens with two attached hydrogens (primary N) is 1. The number of anilines is 1. The second-order valence-corrected chi connectivity index (χ2v) is 6.72. The predicted molar refractivity (Wildman–Crippen MR) is 82.4 cm³/mol. The van der Waals surface area contributed by atoms with Crippen LogP contribution in [-0.2, 0) is 11.3 Å². The molecule has 7 heteroatoms. The number of imidazole rings is 1. The van der Waals surface area contributed by atoms with Gasteiger partial charge in [0.1, 0.15) is 0 Å². The van der Waals surface area contributed by atoms with Gasteiger partial charge in [-0.1, -0.05) is 0 Å². The monoisotopic (exact) mass is 305 g/mol. The van der Waals surface area contributed by atoms with E-state index in [0.717, 1.165) is 42.4 Å². The molecule has 0 radical (unpaired) electrons. The van der Waals surface area contributed by atoms with Crippen molar-refractivity contribution < 1.29 is 4.79 Å².